The number of amides is 3. The van der Waals surface area contributed by atoms with Crippen LogP contribution in [0.25, 0.3) is 0 Å². The molecule has 0 unspecified atom stereocenters. The first-order valence-electron chi connectivity index (χ1n) is 9.47. The van der Waals surface area contributed by atoms with Crippen molar-refractivity contribution in [2.45, 2.75) is 35.9 Å². The molecule has 30 heavy (non-hydrogen) atoms. The van der Waals surface area contributed by atoms with Gasteiger partial charge in [0.2, 0.25) is 22.9 Å². The van der Waals surface area contributed by atoms with Gasteiger partial charge in [-0.15, -0.1) is 10.2 Å². The zero-order valence-electron chi connectivity index (χ0n) is 16.1. The molecule has 4 rings (SSSR count). The second-order valence-electron chi connectivity index (χ2n) is 7.16. The number of aromatic nitrogens is 2. The highest BCUT2D eigenvalue weighted by Crippen LogP contribution is 2.36. The molecule has 10 heteroatoms. The summed E-state index contributed by atoms with van der Waals surface area (Å²) in [6, 6.07) is 6.65. The van der Waals surface area contributed by atoms with Gasteiger partial charge >= 0.3 is 0 Å². The first kappa shape index (κ1) is 21.0. The number of hydrogen-bond donors (Lipinski definition) is 1. The topological polar surface area (TPSA) is 92.3 Å². The van der Waals surface area contributed by atoms with Crippen molar-refractivity contribution in [2.75, 3.05) is 5.32 Å². The minimum absolute atomic E-state index is 0.270. The van der Waals surface area contributed by atoms with Crippen LogP contribution in [0.4, 0.5) is 5.13 Å². The van der Waals surface area contributed by atoms with Crippen LogP contribution in [-0.2, 0) is 20.1 Å². The summed E-state index contributed by atoms with van der Waals surface area (Å²) in [6.45, 7) is 1.56. The number of imide groups is 1. The lowest BCUT2D eigenvalue weighted by Crippen LogP contribution is -2.46. The normalized spacial score (nSPS) is 21.6. The summed E-state index contributed by atoms with van der Waals surface area (Å²) in [5.41, 5.74) is 1.10. The summed E-state index contributed by atoms with van der Waals surface area (Å²) in [4.78, 5) is 39.1. The average molecular weight is 463 g/mol. The van der Waals surface area contributed by atoms with Crippen molar-refractivity contribution in [1.29, 1.82) is 0 Å². The highest BCUT2D eigenvalue weighted by molar-refractivity contribution is 8.00. The van der Waals surface area contributed by atoms with E-state index in [1.165, 1.54) is 23.1 Å². The van der Waals surface area contributed by atoms with Crippen molar-refractivity contribution in [1.82, 2.24) is 15.1 Å². The van der Waals surface area contributed by atoms with E-state index in [1.807, 2.05) is 36.4 Å². The van der Waals surface area contributed by atoms with Crippen LogP contribution in [-0.4, -0.2) is 38.9 Å². The van der Waals surface area contributed by atoms with E-state index in [0.717, 1.165) is 10.5 Å². The number of likely N-dealkylation sites (tertiary alicyclic amines) is 1. The molecule has 1 aromatic heterocycles. The van der Waals surface area contributed by atoms with Crippen LogP contribution in [0.2, 0.25) is 5.02 Å². The Hall–Kier alpha value is -2.23. The maximum atomic E-state index is 12.7. The number of carbonyl (C=O) groups is 3. The van der Waals surface area contributed by atoms with Crippen molar-refractivity contribution in [2.24, 2.45) is 11.8 Å². The molecule has 3 amide bonds. The zero-order chi connectivity index (χ0) is 21.3. The minimum atomic E-state index is -0.898. The molecule has 1 N–H and O–H groups in total. The molecule has 0 radical (unpaired) electrons. The van der Waals surface area contributed by atoms with E-state index in [0.29, 0.717) is 33.1 Å². The quantitative estimate of drug-likeness (QED) is 0.304. The Morgan fingerprint density at radius 2 is 1.83 bits per heavy atom. The highest BCUT2D eigenvalue weighted by atomic mass is 35.5. The molecule has 156 valence electrons. The van der Waals surface area contributed by atoms with Gasteiger partial charge < -0.3 is 0 Å². The van der Waals surface area contributed by atoms with Crippen LogP contribution in [0.3, 0.4) is 0 Å². The SMILES string of the molecule is C[C@@H](C(=O)Nc1nnc(SCc2ccc(Cl)cc2)s1)N1C(=O)[C@H]2CC=CC[C@@H]2C1=O. The molecule has 0 spiro atoms. The van der Waals surface area contributed by atoms with Gasteiger partial charge in [0.05, 0.1) is 11.8 Å². The average Bonchev–Trinajstić information content (AvgIpc) is 3.30. The van der Waals surface area contributed by atoms with Crippen molar-refractivity contribution < 1.29 is 14.4 Å². The van der Waals surface area contributed by atoms with Gasteiger partial charge in [-0.05, 0) is 37.5 Å². The molecule has 1 aliphatic carbocycles. The van der Waals surface area contributed by atoms with Crippen molar-refractivity contribution >= 4 is 57.6 Å². The van der Waals surface area contributed by atoms with Gasteiger partial charge in [-0.2, -0.15) is 0 Å². The summed E-state index contributed by atoms with van der Waals surface area (Å²) in [5.74, 6) is -0.995. The number of anilines is 1. The predicted octanol–water partition coefficient (Wildman–Crippen LogP) is 3.76. The van der Waals surface area contributed by atoms with Gasteiger partial charge in [-0.3, -0.25) is 24.6 Å². The first-order chi connectivity index (χ1) is 14.4. The fraction of sp³-hybridized carbons (Fsp3) is 0.350. The van der Waals surface area contributed by atoms with Crippen molar-refractivity contribution in [3.05, 3.63) is 47.0 Å². The Morgan fingerprint density at radius 1 is 1.20 bits per heavy atom. The Morgan fingerprint density at radius 3 is 2.47 bits per heavy atom. The van der Waals surface area contributed by atoms with Crippen LogP contribution < -0.4 is 5.32 Å². The lowest BCUT2D eigenvalue weighted by molar-refractivity contribution is -0.146. The molecule has 1 fully saturated rings. The smallest absolute Gasteiger partial charge is 0.249 e. The third kappa shape index (κ3) is 4.28. The number of nitrogens with one attached hydrogen (secondary N) is 1. The summed E-state index contributed by atoms with van der Waals surface area (Å²) < 4.78 is 0.707. The van der Waals surface area contributed by atoms with E-state index in [-0.39, 0.29) is 23.7 Å². The number of nitrogens with zero attached hydrogens (tertiary/aromatic N) is 3. The Kier molecular flexibility index (Phi) is 6.21. The molecular formula is C20H19ClN4O3S2. The number of halogens is 1. The van der Waals surface area contributed by atoms with Gasteiger partial charge in [0.15, 0.2) is 4.34 Å². The molecule has 0 bridgehead atoms. The minimum Gasteiger partial charge on any atom is -0.299 e. The molecule has 3 atom stereocenters. The van der Waals surface area contributed by atoms with Crippen molar-refractivity contribution in [3.63, 3.8) is 0 Å². The van der Waals surface area contributed by atoms with Gasteiger partial charge in [0.1, 0.15) is 6.04 Å². The maximum Gasteiger partial charge on any atom is 0.249 e. The van der Waals surface area contributed by atoms with E-state index >= 15 is 0 Å². The zero-order valence-corrected chi connectivity index (χ0v) is 18.5. The molecule has 2 aliphatic rings. The number of allylic oxidation sites excluding steroid dienone is 2. The molecule has 1 aromatic carbocycles. The van der Waals surface area contributed by atoms with Gasteiger partial charge in [0, 0.05) is 10.8 Å². The number of benzene rings is 1. The van der Waals surface area contributed by atoms with E-state index < -0.39 is 11.9 Å². The van der Waals surface area contributed by atoms with Crippen LogP contribution >= 0.6 is 34.7 Å². The third-order valence-corrected chi connectivity index (χ3v) is 7.52. The second-order valence-corrected chi connectivity index (χ2v) is 9.79. The molecule has 0 saturated carbocycles. The fourth-order valence-electron chi connectivity index (χ4n) is 3.58. The highest BCUT2D eigenvalue weighted by Gasteiger charge is 2.50. The number of hydrogen-bond acceptors (Lipinski definition) is 7. The Labute approximate surface area is 186 Å². The monoisotopic (exact) mass is 462 g/mol. The molecule has 7 nitrogen and oxygen atoms in total. The number of fused-ring (bicyclic) bond motifs is 1. The lowest BCUT2D eigenvalue weighted by Gasteiger charge is -2.21. The predicted molar refractivity (Wildman–Crippen MR) is 116 cm³/mol. The fourth-order valence-corrected chi connectivity index (χ4v) is 5.42. The van der Waals surface area contributed by atoms with E-state index in [2.05, 4.69) is 15.5 Å². The van der Waals surface area contributed by atoms with Crippen LogP contribution in [0.15, 0.2) is 40.8 Å². The van der Waals surface area contributed by atoms with Gasteiger partial charge in [0.25, 0.3) is 0 Å². The third-order valence-electron chi connectivity index (χ3n) is 5.22. The molecule has 1 saturated heterocycles. The van der Waals surface area contributed by atoms with Gasteiger partial charge in [-0.1, -0.05) is 59.0 Å². The van der Waals surface area contributed by atoms with E-state index in [4.69, 9.17) is 11.6 Å². The standard InChI is InChI=1S/C20H19ClN4O3S2/c1-11(25-17(27)14-4-2-3-5-15(14)18(25)28)16(26)22-19-23-24-20(30-19)29-10-12-6-8-13(21)9-7-12/h2-3,6-9,11,14-15H,4-5,10H2,1H3,(H,22,23,26)/t11-,14-,15-/m0/s1. The van der Waals surface area contributed by atoms with Crippen molar-refractivity contribution in [3.8, 4) is 0 Å². The largest absolute Gasteiger partial charge is 0.299 e. The van der Waals surface area contributed by atoms with Crippen LogP contribution in [0.5, 0.6) is 0 Å². The van der Waals surface area contributed by atoms with E-state index in [9.17, 15) is 14.4 Å². The molecule has 2 heterocycles. The summed E-state index contributed by atoms with van der Waals surface area (Å²) >= 11 is 8.64. The maximum absolute atomic E-state index is 12.7. The Balaban J connectivity index is 1.35. The number of thioether (sulfide) groups is 1. The number of carbonyl (C=O) groups excluding carboxylic acids is 3. The van der Waals surface area contributed by atoms with Gasteiger partial charge in [-0.25, -0.2) is 0 Å². The van der Waals surface area contributed by atoms with E-state index in [1.54, 1.807) is 6.92 Å². The summed E-state index contributed by atoms with van der Waals surface area (Å²) in [7, 11) is 0. The first-order valence-corrected chi connectivity index (χ1v) is 11.7. The Bertz CT molecular complexity index is 982. The lowest BCUT2D eigenvalue weighted by atomic mass is 9.85. The second kappa shape index (κ2) is 8.87. The number of rotatable bonds is 6. The molecule has 2 aromatic rings. The summed E-state index contributed by atoms with van der Waals surface area (Å²) in [5, 5.41) is 11.8. The molecule has 1 aliphatic heterocycles. The van der Waals surface area contributed by atoms with Crippen LogP contribution in [0, 0.1) is 11.8 Å². The van der Waals surface area contributed by atoms with Crippen LogP contribution in [0.1, 0.15) is 25.3 Å². The molecular weight excluding hydrogens is 444 g/mol. The summed E-state index contributed by atoms with van der Waals surface area (Å²) in [6.07, 6.45) is 4.94.